The average Bonchev–Trinajstić information content (AvgIpc) is 2.83. The molecule has 3 aromatic carbocycles. The number of nitrogens with zero attached hydrogens (tertiary/aromatic N) is 1. The van der Waals surface area contributed by atoms with Gasteiger partial charge in [-0.1, -0.05) is 44.2 Å². The summed E-state index contributed by atoms with van der Waals surface area (Å²) in [5.74, 6) is -0.636. The molecule has 0 saturated heterocycles. The van der Waals surface area contributed by atoms with Crippen LogP contribution in [0.25, 0.3) is 10.9 Å². The third-order valence-corrected chi connectivity index (χ3v) is 5.77. The Labute approximate surface area is 202 Å². The van der Waals surface area contributed by atoms with Crippen LogP contribution in [0.4, 0.5) is 8.78 Å². The number of aromatic nitrogens is 1. The molecule has 0 aliphatic carbocycles. The fourth-order valence-corrected chi connectivity index (χ4v) is 3.97. The molecule has 1 aromatic heterocycles. The molecule has 0 aliphatic heterocycles. The minimum Gasteiger partial charge on any atom is -0.484 e. The monoisotopic (exact) mass is 476 g/mol. The molecule has 4 rings (SSSR count). The lowest BCUT2D eigenvalue weighted by molar-refractivity contribution is -0.123. The van der Waals surface area contributed by atoms with Gasteiger partial charge in [0.15, 0.2) is 6.61 Å². The van der Waals surface area contributed by atoms with Gasteiger partial charge in [-0.2, -0.15) is 0 Å². The van der Waals surface area contributed by atoms with E-state index in [1.165, 1.54) is 18.2 Å². The van der Waals surface area contributed by atoms with E-state index in [4.69, 9.17) is 4.74 Å². The molecule has 4 aromatic rings. The van der Waals surface area contributed by atoms with Crippen molar-refractivity contribution in [3.05, 3.63) is 111 Å². The first kappa shape index (κ1) is 24.1. The maximum Gasteiger partial charge on any atom is 0.258 e. The normalized spacial score (nSPS) is 11.1. The first-order valence-electron chi connectivity index (χ1n) is 11.4. The first-order valence-corrected chi connectivity index (χ1v) is 11.4. The van der Waals surface area contributed by atoms with Crippen molar-refractivity contribution in [3.63, 3.8) is 0 Å². The Morgan fingerprint density at radius 2 is 1.80 bits per heavy atom. The van der Waals surface area contributed by atoms with Crippen molar-refractivity contribution < 1.29 is 18.3 Å². The van der Waals surface area contributed by atoms with Gasteiger partial charge >= 0.3 is 0 Å². The summed E-state index contributed by atoms with van der Waals surface area (Å²) in [5, 5.41) is 3.52. The summed E-state index contributed by atoms with van der Waals surface area (Å²) < 4.78 is 34.7. The molecule has 1 heterocycles. The van der Waals surface area contributed by atoms with Crippen molar-refractivity contribution in [2.24, 2.45) is 0 Å². The zero-order chi connectivity index (χ0) is 24.9. The number of halogens is 2. The summed E-state index contributed by atoms with van der Waals surface area (Å²) in [4.78, 5) is 25.3. The van der Waals surface area contributed by atoms with Crippen LogP contribution in [-0.2, 0) is 17.9 Å². The molecule has 1 N–H and O–H groups in total. The van der Waals surface area contributed by atoms with E-state index >= 15 is 0 Å². The Morgan fingerprint density at radius 3 is 2.54 bits per heavy atom. The fraction of sp³-hybridized carbons (Fsp3) is 0.214. The van der Waals surface area contributed by atoms with Crippen molar-refractivity contribution in [1.29, 1.82) is 0 Å². The van der Waals surface area contributed by atoms with Crippen LogP contribution in [0.15, 0.2) is 77.6 Å². The van der Waals surface area contributed by atoms with Crippen molar-refractivity contribution in [2.75, 3.05) is 6.61 Å². The van der Waals surface area contributed by atoms with Gasteiger partial charge in [-0.3, -0.25) is 9.59 Å². The van der Waals surface area contributed by atoms with E-state index in [0.717, 1.165) is 10.9 Å². The molecule has 1 amide bonds. The minimum absolute atomic E-state index is 0.0531. The Morgan fingerprint density at radius 1 is 1.00 bits per heavy atom. The fourth-order valence-electron chi connectivity index (χ4n) is 3.97. The number of hydrogen-bond acceptors (Lipinski definition) is 3. The SMILES string of the molecule is CC(C)c1cc(=O)n(Cc2cccc(F)c2)c2cc(OCC(=O)NCc3ccccc3F)ccc12. The zero-order valence-electron chi connectivity index (χ0n) is 19.6. The van der Waals surface area contributed by atoms with Gasteiger partial charge in [0.05, 0.1) is 12.1 Å². The molecule has 180 valence electrons. The third kappa shape index (κ3) is 5.74. The summed E-state index contributed by atoms with van der Waals surface area (Å²) in [6.07, 6.45) is 0. The molecule has 35 heavy (non-hydrogen) atoms. The summed E-state index contributed by atoms with van der Waals surface area (Å²) in [7, 11) is 0. The van der Waals surface area contributed by atoms with Crippen LogP contribution in [0.3, 0.4) is 0 Å². The Balaban J connectivity index is 1.58. The number of nitrogens with one attached hydrogen (secondary N) is 1. The third-order valence-electron chi connectivity index (χ3n) is 5.77. The molecule has 0 unspecified atom stereocenters. The van der Waals surface area contributed by atoms with Crippen molar-refractivity contribution >= 4 is 16.8 Å². The molecule has 5 nitrogen and oxygen atoms in total. The van der Waals surface area contributed by atoms with Crippen molar-refractivity contribution in [3.8, 4) is 5.75 Å². The lowest BCUT2D eigenvalue weighted by Gasteiger charge is -2.17. The summed E-state index contributed by atoms with van der Waals surface area (Å²) >= 11 is 0. The van der Waals surface area contributed by atoms with E-state index in [2.05, 4.69) is 5.32 Å². The smallest absolute Gasteiger partial charge is 0.258 e. The standard InChI is InChI=1S/C28H26F2N2O3/c1-18(2)24-14-28(34)32(16-19-6-5-8-21(29)12-19)26-13-22(10-11-23(24)26)35-17-27(33)31-15-20-7-3-4-9-25(20)30/h3-14,18H,15-17H2,1-2H3,(H,31,33). The van der Waals surface area contributed by atoms with E-state index < -0.39 is 5.91 Å². The van der Waals surface area contributed by atoms with E-state index in [1.54, 1.807) is 53.1 Å². The molecule has 0 saturated carbocycles. The van der Waals surface area contributed by atoms with Crippen LogP contribution < -0.4 is 15.6 Å². The first-order chi connectivity index (χ1) is 16.8. The largest absolute Gasteiger partial charge is 0.484 e. The topological polar surface area (TPSA) is 60.3 Å². The van der Waals surface area contributed by atoms with Crippen LogP contribution in [0.5, 0.6) is 5.75 Å². The van der Waals surface area contributed by atoms with E-state index in [-0.39, 0.29) is 42.8 Å². The summed E-state index contributed by atoms with van der Waals surface area (Å²) in [6.45, 7) is 4.00. The molecule has 0 atom stereocenters. The highest BCUT2D eigenvalue weighted by atomic mass is 19.1. The highest BCUT2D eigenvalue weighted by molar-refractivity contribution is 5.85. The predicted octanol–water partition coefficient (Wildman–Crippen LogP) is 5.15. The van der Waals surface area contributed by atoms with Gasteiger partial charge in [0.2, 0.25) is 0 Å². The molecule has 0 spiro atoms. The minimum atomic E-state index is -0.401. The molecule has 0 fully saturated rings. The Bertz CT molecular complexity index is 1430. The molecule has 0 bridgehead atoms. The number of carbonyl (C=O) groups is 1. The molecular formula is C28H26F2N2O3. The number of amides is 1. The van der Waals surface area contributed by atoms with Gasteiger partial charge in [0.25, 0.3) is 11.5 Å². The van der Waals surface area contributed by atoms with E-state index in [9.17, 15) is 18.4 Å². The highest BCUT2D eigenvalue weighted by Gasteiger charge is 2.14. The molecular weight excluding hydrogens is 450 g/mol. The number of carbonyl (C=O) groups excluding carboxylic acids is 1. The highest BCUT2D eigenvalue weighted by Crippen LogP contribution is 2.27. The van der Waals surface area contributed by atoms with Crippen LogP contribution in [0.1, 0.15) is 36.5 Å². The Hall–Kier alpha value is -4.00. The number of pyridine rings is 1. The van der Waals surface area contributed by atoms with Crippen molar-refractivity contribution in [2.45, 2.75) is 32.9 Å². The van der Waals surface area contributed by atoms with Gasteiger partial charge in [0, 0.05) is 29.6 Å². The number of hydrogen-bond donors (Lipinski definition) is 1. The van der Waals surface area contributed by atoms with Crippen LogP contribution in [-0.4, -0.2) is 17.1 Å². The molecule has 0 radical (unpaired) electrons. The maximum absolute atomic E-state index is 13.7. The number of ether oxygens (including phenoxy) is 1. The van der Waals surface area contributed by atoms with Crippen LogP contribution in [0.2, 0.25) is 0 Å². The summed E-state index contributed by atoms with van der Waals surface area (Å²) in [5.41, 5.74) is 2.37. The van der Waals surface area contributed by atoms with Crippen LogP contribution in [0, 0.1) is 11.6 Å². The van der Waals surface area contributed by atoms with Crippen LogP contribution >= 0.6 is 0 Å². The average molecular weight is 477 g/mol. The second-order valence-electron chi connectivity index (χ2n) is 8.64. The van der Waals surface area contributed by atoms with Gasteiger partial charge in [-0.15, -0.1) is 0 Å². The lowest BCUT2D eigenvalue weighted by atomic mass is 9.98. The Kier molecular flexibility index (Phi) is 7.25. The van der Waals surface area contributed by atoms with Gasteiger partial charge in [-0.05, 0) is 47.4 Å². The maximum atomic E-state index is 13.7. The van der Waals surface area contributed by atoms with Gasteiger partial charge in [-0.25, -0.2) is 8.78 Å². The molecule has 0 aliphatic rings. The van der Waals surface area contributed by atoms with Gasteiger partial charge < -0.3 is 14.6 Å². The molecule has 7 heteroatoms. The van der Waals surface area contributed by atoms with E-state index in [1.807, 2.05) is 19.9 Å². The second-order valence-corrected chi connectivity index (χ2v) is 8.64. The lowest BCUT2D eigenvalue weighted by Crippen LogP contribution is -2.28. The quantitative estimate of drug-likeness (QED) is 0.383. The number of benzene rings is 3. The second kappa shape index (κ2) is 10.5. The summed E-state index contributed by atoms with van der Waals surface area (Å²) in [6, 6.07) is 19.3. The number of fused-ring (bicyclic) bond motifs is 1. The zero-order valence-corrected chi connectivity index (χ0v) is 19.6. The van der Waals surface area contributed by atoms with E-state index in [0.29, 0.717) is 22.4 Å². The predicted molar refractivity (Wildman–Crippen MR) is 132 cm³/mol. The number of rotatable bonds is 8. The van der Waals surface area contributed by atoms with Crippen molar-refractivity contribution in [1.82, 2.24) is 9.88 Å². The van der Waals surface area contributed by atoms with Gasteiger partial charge in [0.1, 0.15) is 17.4 Å².